The van der Waals surface area contributed by atoms with Crippen LogP contribution in [-0.4, -0.2) is 14.8 Å². The SMILES string of the molecule is Cc1nn2c(nc1=O)-c1ccccc1N[C@H]2c1ccccc1F. The Morgan fingerprint density at radius 3 is 2.70 bits per heavy atom. The summed E-state index contributed by atoms with van der Waals surface area (Å²) in [6, 6.07) is 14.0. The molecule has 6 heteroatoms. The van der Waals surface area contributed by atoms with E-state index >= 15 is 0 Å². The minimum absolute atomic E-state index is 0.274. The molecule has 1 aliphatic heterocycles. The van der Waals surface area contributed by atoms with Crippen LogP contribution in [-0.2, 0) is 0 Å². The van der Waals surface area contributed by atoms with Crippen LogP contribution in [0, 0.1) is 12.7 Å². The van der Waals surface area contributed by atoms with Gasteiger partial charge in [-0.1, -0.05) is 30.3 Å². The molecule has 2 heterocycles. The van der Waals surface area contributed by atoms with Gasteiger partial charge < -0.3 is 5.32 Å². The first-order valence-corrected chi connectivity index (χ1v) is 7.23. The molecule has 114 valence electrons. The summed E-state index contributed by atoms with van der Waals surface area (Å²) < 4.78 is 15.8. The summed E-state index contributed by atoms with van der Waals surface area (Å²) in [5.74, 6) is 0.0942. The smallest absolute Gasteiger partial charge is 0.294 e. The van der Waals surface area contributed by atoms with Gasteiger partial charge in [0.15, 0.2) is 12.0 Å². The van der Waals surface area contributed by atoms with Crippen LogP contribution in [0.5, 0.6) is 0 Å². The van der Waals surface area contributed by atoms with Crippen molar-refractivity contribution in [2.45, 2.75) is 13.1 Å². The number of aryl methyl sites for hydroxylation is 1. The molecular weight excluding hydrogens is 295 g/mol. The van der Waals surface area contributed by atoms with Crippen LogP contribution in [0.15, 0.2) is 53.3 Å². The van der Waals surface area contributed by atoms with Gasteiger partial charge >= 0.3 is 0 Å². The van der Waals surface area contributed by atoms with Gasteiger partial charge in [0.25, 0.3) is 5.56 Å². The van der Waals surface area contributed by atoms with Gasteiger partial charge in [0.1, 0.15) is 11.5 Å². The van der Waals surface area contributed by atoms with Gasteiger partial charge in [0, 0.05) is 16.8 Å². The number of nitrogens with zero attached hydrogens (tertiary/aromatic N) is 3. The molecule has 1 N–H and O–H groups in total. The molecule has 0 unspecified atom stereocenters. The number of hydrogen-bond acceptors (Lipinski definition) is 4. The Labute approximate surface area is 131 Å². The summed E-state index contributed by atoms with van der Waals surface area (Å²) in [4.78, 5) is 16.1. The Morgan fingerprint density at radius 1 is 1.13 bits per heavy atom. The molecule has 5 nitrogen and oxygen atoms in total. The summed E-state index contributed by atoms with van der Waals surface area (Å²) in [6.07, 6.45) is -0.562. The number of benzene rings is 2. The quantitative estimate of drug-likeness (QED) is 0.751. The summed E-state index contributed by atoms with van der Waals surface area (Å²) in [7, 11) is 0. The third-order valence-electron chi connectivity index (χ3n) is 3.90. The second-order valence-corrected chi connectivity index (χ2v) is 5.38. The maximum absolute atomic E-state index is 14.3. The molecule has 0 bridgehead atoms. The largest absolute Gasteiger partial charge is 0.359 e. The molecule has 1 atom stereocenters. The number of para-hydroxylation sites is 1. The highest BCUT2D eigenvalue weighted by atomic mass is 19.1. The van der Waals surface area contributed by atoms with Crippen LogP contribution in [0.2, 0.25) is 0 Å². The van der Waals surface area contributed by atoms with Crippen molar-refractivity contribution in [3.63, 3.8) is 0 Å². The Bertz CT molecular complexity index is 967. The van der Waals surface area contributed by atoms with E-state index in [1.165, 1.54) is 6.07 Å². The van der Waals surface area contributed by atoms with Gasteiger partial charge in [0.05, 0.1) is 0 Å². The first-order valence-electron chi connectivity index (χ1n) is 7.23. The Balaban J connectivity index is 2.01. The lowest BCUT2D eigenvalue weighted by Gasteiger charge is -2.30. The highest BCUT2D eigenvalue weighted by molar-refractivity contribution is 5.76. The van der Waals surface area contributed by atoms with Gasteiger partial charge in [-0.3, -0.25) is 4.79 Å². The molecular formula is C17H13FN4O. The first-order chi connectivity index (χ1) is 11.1. The van der Waals surface area contributed by atoms with Crippen molar-refractivity contribution in [3.05, 3.63) is 76.0 Å². The standard InChI is InChI=1S/C17H13FN4O/c1-10-17(23)20-16-12-7-3-5-9-14(12)19-15(22(16)21-10)11-6-2-4-8-13(11)18/h2-9,15,19H,1H3/t15-/m1/s1. The van der Waals surface area contributed by atoms with Crippen LogP contribution >= 0.6 is 0 Å². The van der Waals surface area contributed by atoms with Gasteiger partial charge in [-0.25, -0.2) is 9.07 Å². The molecule has 0 saturated heterocycles. The van der Waals surface area contributed by atoms with Crippen molar-refractivity contribution in [3.8, 4) is 11.4 Å². The zero-order chi connectivity index (χ0) is 16.0. The molecule has 0 radical (unpaired) electrons. The van der Waals surface area contributed by atoms with Gasteiger partial charge in [-0.05, 0) is 25.1 Å². The molecule has 0 amide bonds. The minimum atomic E-state index is -0.562. The fraction of sp³-hybridized carbons (Fsp3) is 0.118. The normalized spacial score (nSPS) is 15.5. The van der Waals surface area contributed by atoms with Gasteiger partial charge in [0.2, 0.25) is 0 Å². The van der Waals surface area contributed by atoms with Crippen molar-refractivity contribution in [1.82, 2.24) is 14.8 Å². The fourth-order valence-corrected chi connectivity index (χ4v) is 2.76. The van der Waals surface area contributed by atoms with Gasteiger partial charge in [-0.2, -0.15) is 10.1 Å². The molecule has 1 aromatic heterocycles. The summed E-state index contributed by atoms with van der Waals surface area (Å²) in [6.45, 7) is 1.60. The third kappa shape index (κ3) is 2.11. The highest BCUT2D eigenvalue weighted by Crippen LogP contribution is 2.36. The average Bonchev–Trinajstić information content (AvgIpc) is 2.56. The predicted molar refractivity (Wildman–Crippen MR) is 84.6 cm³/mol. The predicted octanol–water partition coefficient (Wildman–Crippen LogP) is 2.73. The Morgan fingerprint density at radius 2 is 1.87 bits per heavy atom. The second kappa shape index (κ2) is 5.01. The zero-order valence-electron chi connectivity index (χ0n) is 12.3. The Kier molecular flexibility index (Phi) is 2.97. The van der Waals surface area contributed by atoms with E-state index in [1.54, 1.807) is 29.8 Å². The monoisotopic (exact) mass is 308 g/mol. The van der Waals surface area contributed by atoms with E-state index in [0.29, 0.717) is 11.4 Å². The van der Waals surface area contributed by atoms with E-state index in [9.17, 15) is 9.18 Å². The molecule has 0 aliphatic carbocycles. The van der Waals surface area contributed by atoms with Crippen LogP contribution in [0.25, 0.3) is 11.4 Å². The summed E-state index contributed by atoms with van der Waals surface area (Å²) in [5, 5.41) is 7.60. The summed E-state index contributed by atoms with van der Waals surface area (Å²) >= 11 is 0. The van der Waals surface area contributed by atoms with E-state index in [1.807, 2.05) is 24.3 Å². The van der Waals surface area contributed by atoms with Crippen LogP contribution < -0.4 is 10.9 Å². The van der Waals surface area contributed by atoms with Crippen molar-refractivity contribution in [1.29, 1.82) is 0 Å². The number of nitrogens with one attached hydrogen (secondary N) is 1. The molecule has 1 aliphatic rings. The van der Waals surface area contributed by atoms with E-state index < -0.39 is 6.17 Å². The average molecular weight is 308 g/mol. The highest BCUT2D eigenvalue weighted by Gasteiger charge is 2.28. The number of anilines is 1. The topological polar surface area (TPSA) is 59.8 Å². The number of hydrogen-bond donors (Lipinski definition) is 1. The second-order valence-electron chi connectivity index (χ2n) is 5.38. The van der Waals surface area contributed by atoms with Crippen LogP contribution in [0.4, 0.5) is 10.1 Å². The lowest BCUT2D eigenvalue weighted by molar-refractivity contribution is 0.507. The van der Waals surface area contributed by atoms with E-state index in [0.717, 1.165) is 11.3 Å². The maximum Gasteiger partial charge on any atom is 0.294 e. The Hall–Kier alpha value is -3.02. The zero-order valence-corrected chi connectivity index (χ0v) is 12.3. The molecule has 0 spiro atoms. The fourth-order valence-electron chi connectivity index (χ4n) is 2.76. The first kappa shape index (κ1) is 13.6. The molecule has 4 rings (SSSR count). The van der Waals surface area contributed by atoms with Crippen LogP contribution in [0.3, 0.4) is 0 Å². The lowest BCUT2D eigenvalue weighted by Crippen LogP contribution is -2.32. The summed E-state index contributed by atoms with van der Waals surface area (Å²) in [5.41, 5.74) is 1.90. The molecule has 2 aromatic carbocycles. The number of fused-ring (bicyclic) bond motifs is 3. The number of rotatable bonds is 1. The van der Waals surface area contributed by atoms with Crippen molar-refractivity contribution in [2.75, 3.05) is 5.32 Å². The lowest BCUT2D eigenvalue weighted by atomic mass is 10.1. The number of halogens is 1. The number of aromatic nitrogens is 3. The van der Waals surface area contributed by atoms with Crippen molar-refractivity contribution >= 4 is 5.69 Å². The van der Waals surface area contributed by atoms with E-state index in [-0.39, 0.29) is 17.1 Å². The van der Waals surface area contributed by atoms with E-state index in [2.05, 4.69) is 15.4 Å². The molecule has 0 saturated carbocycles. The molecule has 0 fully saturated rings. The minimum Gasteiger partial charge on any atom is -0.359 e. The molecule has 3 aromatic rings. The van der Waals surface area contributed by atoms with Crippen molar-refractivity contribution in [2.24, 2.45) is 0 Å². The maximum atomic E-state index is 14.3. The molecule has 23 heavy (non-hydrogen) atoms. The van der Waals surface area contributed by atoms with Crippen LogP contribution in [0.1, 0.15) is 17.4 Å². The third-order valence-corrected chi connectivity index (χ3v) is 3.90. The van der Waals surface area contributed by atoms with Gasteiger partial charge in [-0.15, -0.1) is 0 Å². The van der Waals surface area contributed by atoms with Crippen molar-refractivity contribution < 1.29 is 4.39 Å². The van der Waals surface area contributed by atoms with E-state index in [4.69, 9.17) is 0 Å².